The summed E-state index contributed by atoms with van der Waals surface area (Å²) in [7, 11) is 0. The number of thiophene rings is 1. The highest BCUT2D eigenvalue weighted by atomic mass is 35.5. The average molecular weight is 394 g/mol. The maximum Gasteiger partial charge on any atom is 0.310 e. The number of ether oxygens (including phenoxy) is 1. The van der Waals surface area contributed by atoms with Crippen LogP contribution in [-0.2, 0) is 22.4 Å². The first-order valence-corrected chi connectivity index (χ1v) is 10.7. The van der Waals surface area contributed by atoms with E-state index >= 15 is 0 Å². The van der Waals surface area contributed by atoms with E-state index in [1.54, 1.807) is 11.3 Å². The molecule has 0 saturated carbocycles. The Morgan fingerprint density at radius 1 is 1.38 bits per heavy atom. The number of anilines is 1. The van der Waals surface area contributed by atoms with Crippen molar-refractivity contribution in [2.24, 2.45) is 11.8 Å². The molecule has 1 aliphatic heterocycles. The zero-order valence-corrected chi connectivity index (χ0v) is 16.8. The summed E-state index contributed by atoms with van der Waals surface area (Å²) in [5.74, 6) is 1.42. The molecule has 2 atom stereocenters. The van der Waals surface area contributed by atoms with Gasteiger partial charge in [0.1, 0.15) is 10.6 Å². The van der Waals surface area contributed by atoms with Crippen LogP contribution in [0, 0.1) is 11.8 Å². The highest BCUT2D eigenvalue weighted by molar-refractivity contribution is 7.19. The van der Waals surface area contributed by atoms with Gasteiger partial charge in [-0.2, -0.15) is 4.98 Å². The number of carbonyl (C=O) groups is 1. The number of rotatable bonds is 3. The molecule has 1 fully saturated rings. The summed E-state index contributed by atoms with van der Waals surface area (Å²) in [5.41, 5.74) is 1.40. The van der Waals surface area contributed by atoms with Crippen molar-refractivity contribution in [3.8, 4) is 0 Å². The van der Waals surface area contributed by atoms with Gasteiger partial charge in [-0.05, 0) is 62.1 Å². The van der Waals surface area contributed by atoms with Crippen LogP contribution in [-0.4, -0.2) is 35.6 Å². The van der Waals surface area contributed by atoms with Crippen molar-refractivity contribution in [2.45, 2.75) is 46.0 Å². The summed E-state index contributed by atoms with van der Waals surface area (Å²) in [6, 6.07) is 0. The van der Waals surface area contributed by atoms with E-state index in [4.69, 9.17) is 16.3 Å². The van der Waals surface area contributed by atoms with Gasteiger partial charge in [-0.1, -0.05) is 6.92 Å². The van der Waals surface area contributed by atoms with Gasteiger partial charge in [-0.3, -0.25) is 4.79 Å². The number of hydrogen-bond acceptors (Lipinski definition) is 6. The predicted octanol–water partition coefficient (Wildman–Crippen LogP) is 4.25. The Morgan fingerprint density at radius 2 is 2.23 bits per heavy atom. The highest BCUT2D eigenvalue weighted by Crippen LogP contribution is 2.42. The molecule has 2 aromatic heterocycles. The monoisotopic (exact) mass is 393 g/mol. The van der Waals surface area contributed by atoms with Gasteiger partial charge in [-0.15, -0.1) is 11.3 Å². The summed E-state index contributed by atoms with van der Waals surface area (Å²) in [6.45, 7) is 6.11. The lowest BCUT2D eigenvalue weighted by Gasteiger charge is -2.33. The van der Waals surface area contributed by atoms with Gasteiger partial charge in [0, 0.05) is 18.0 Å². The lowest BCUT2D eigenvalue weighted by atomic mass is 9.89. The van der Waals surface area contributed by atoms with Gasteiger partial charge in [-0.25, -0.2) is 4.98 Å². The molecule has 0 aromatic carbocycles. The molecule has 140 valence electrons. The zero-order valence-electron chi connectivity index (χ0n) is 15.3. The van der Waals surface area contributed by atoms with Gasteiger partial charge in [0.2, 0.25) is 5.28 Å². The van der Waals surface area contributed by atoms with Gasteiger partial charge < -0.3 is 9.64 Å². The number of esters is 1. The minimum absolute atomic E-state index is 0.0954. The summed E-state index contributed by atoms with van der Waals surface area (Å²) in [4.78, 5) is 25.9. The molecule has 1 saturated heterocycles. The minimum atomic E-state index is -0.102. The van der Waals surface area contributed by atoms with E-state index in [1.165, 1.54) is 16.9 Å². The Hall–Kier alpha value is -1.40. The molecule has 2 aliphatic rings. The molecule has 26 heavy (non-hydrogen) atoms. The third-order valence-electron chi connectivity index (χ3n) is 5.45. The van der Waals surface area contributed by atoms with Crippen LogP contribution < -0.4 is 4.90 Å². The van der Waals surface area contributed by atoms with Gasteiger partial charge in [0.05, 0.1) is 17.9 Å². The summed E-state index contributed by atoms with van der Waals surface area (Å²) in [5, 5.41) is 1.45. The second-order valence-corrected chi connectivity index (χ2v) is 8.81. The molecule has 3 heterocycles. The number of nitrogens with zero attached hydrogens (tertiary/aromatic N) is 3. The van der Waals surface area contributed by atoms with E-state index in [-0.39, 0.29) is 17.2 Å². The highest BCUT2D eigenvalue weighted by Gasteiger charge is 2.31. The van der Waals surface area contributed by atoms with Gasteiger partial charge in [0.15, 0.2) is 0 Å². The zero-order chi connectivity index (χ0) is 18.3. The molecule has 2 unspecified atom stereocenters. The topological polar surface area (TPSA) is 55.3 Å². The third-order valence-corrected chi connectivity index (χ3v) is 6.77. The molecule has 4 rings (SSSR count). The third kappa shape index (κ3) is 3.29. The first-order chi connectivity index (χ1) is 12.6. The summed E-state index contributed by atoms with van der Waals surface area (Å²) in [6.07, 6.45) is 5.21. The van der Waals surface area contributed by atoms with Crippen molar-refractivity contribution in [3.05, 3.63) is 15.7 Å². The molecule has 0 N–H and O–H groups in total. The number of halogens is 1. The van der Waals surface area contributed by atoms with Crippen LogP contribution in [0.1, 0.15) is 43.6 Å². The number of fused-ring (bicyclic) bond motifs is 3. The van der Waals surface area contributed by atoms with Crippen LogP contribution in [0.3, 0.4) is 0 Å². The fourth-order valence-electron chi connectivity index (χ4n) is 4.15. The maximum atomic E-state index is 12.2. The Balaban J connectivity index is 1.72. The van der Waals surface area contributed by atoms with Crippen molar-refractivity contribution in [1.29, 1.82) is 0 Å². The lowest BCUT2D eigenvalue weighted by molar-refractivity contribution is -0.148. The van der Waals surface area contributed by atoms with E-state index in [0.717, 1.165) is 48.3 Å². The number of aryl methyl sites for hydroxylation is 1. The van der Waals surface area contributed by atoms with Gasteiger partial charge in [0.25, 0.3) is 0 Å². The van der Waals surface area contributed by atoms with Gasteiger partial charge >= 0.3 is 5.97 Å². The maximum absolute atomic E-state index is 12.2. The van der Waals surface area contributed by atoms with E-state index in [9.17, 15) is 4.79 Å². The molecule has 0 amide bonds. The van der Waals surface area contributed by atoms with E-state index in [2.05, 4.69) is 21.8 Å². The van der Waals surface area contributed by atoms with Crippen LogP contribution in [0.15, 0.2) is 0 Å². The van der Waals surface area contributed by atoms with Crippen molar-refractivity contribution in [1.82, 2.24) is 9.97 Å². The number of aromatic nitrogens is 2. The fraction of sp³-hybridized carbons (Fsp3) is 0.632. The molecule has 7 heteroatoms. The molecular weight excluding hydrogens is 370 g/mol. The first-order valence-electron chi connectivity index (χ1n) is 9.46. The Labute approximate surface area is 162 Å². The predicted molar refractivity (Wildman–Crippen MR) is 105 cm³/mol. The summed E-state index contributed by atoms with van der Waals surface area (Å²) >= 11 is 8.01. The van der Waals surface area contributed by atoms with Crippen molar-refractivity contribution in [3.63, 3.8) is 0 Å². The normalized spacial score (nSPS) is 23.1. The van der Waals surface area contributed by atoms with Crippen LogP contribution in [0.2, 0.25) is 5.28 Å². The number of hydrogen-bond donors (Lipinski definition) is 0. The smallest absolute Gasteiger partial charge is 0.310 e. The Bertz CT molecular complexity index is 838. The average Bonchev–Trinajstić information content (AvgIpc) is 2.98. The minimum Gasteiger partial charge on any atom is -0.466 e. The molecule has 0 bridgehead atoms. The van der Waals surface area contributed by atoms with E-state index in [0.29, 0.717) is 19.1 Å². The van der Waals surface area contributed by atoms with E-state index in [1.807, 2.05) is 6.92 Å². The molecule has 5 nitrogen and oxygen atoms in total. The van der Waals surface area contributed by atoms with Crippen molar-refractivity contribution < 1.29 is 9.53 Å². The molecule has 1 aliphatic carbocycles. The number of carbonyl (C=O) groups excluding carboxylic acids is 1. The van der Waals surface area contributed by atoms with Crippen molar-refractivity contribution in [2.75, 3.05) is 24.6 Å². The second-order valence-electron chi connectivity index (χ2n) is 7.39. The SMILES string of the molecule is CCOC(=O)C1CCCN(c2nc(Cl)nc3sc4c(c23)CCC(C)C4)C1. The second kappa shape index (κ2) is 7.31. The van der Waals surface area contributed by atoms with Crippen LogP contribution in [0.25, 0.3) is 10.2 Å². The lowest BCUT2D eigenvalue weighted by Crippen LogP contribution is -2.40. The Kier molecular flexibility index (Phi) is 5.06. The molecule has 2 aromatic rings. The Morgan fingerprint density at radius 3 is 3.04 bits per heavy atom. The first kappa shape index (κ1) is 18.0. The van der Waals surface area contributed by atoms with Crippen LogP contribution in [0.4, 0.5) is 5.82 Å². The number of piperidine rings is 1. The molecule has 0 radical (unpaired) electrons. The molecule has 0 spiro atoms. The largest absolute Gasteiger partial charge is 0.466 e. The quantitative estimate of drug-likeness (QED) is 0.576. The fourth-order valence-corrected chi connectivity index (χ4v) is 5.74. The van der Waals surface area contributed by atoms with Crippen LogP contribution >= 0.6 is 22.9 Å². The molecular formula is C19H24ClN3O2S. The van der Waals surface area contributed by atoms with Crippen LogP contribution in [0.5, 0.6) is 0 Å². The summed E-state index contributed by atoms with van der Waals surface area (Å²) < 4.78 is 5.24. The van der Waals surface area contributed by atoms with E-state index < -0.39 is 0 Å². The standard InChI is InChI=1S/C19H24ClN3O2S/c1-3-25-18(24)12-5-4-8-23(10-12)16-15-13-7-6-11(2)9-14(13)26-17(15)22-19(20)21-16/h11-12H,3-10H2,1-2H3. The van der Waals surface area contributed by atoms with Crippen molar-refractivity contribution >= 4 is 44.9 Å².